The van der Waals surface area contributed by atoms with Crippen LogP contribution in [0.3, 0.4) is 0 Å². The molecule has 1 aliphatic rings. The smallest absolute Gasteiger partial charge is 0.0165 e. The molecule has 0 heteroatoms. The van der Waals surface area contributed by atoms with Crippen molar-refractivity contribution in [2.24, 2.45) is 0 Å². The molecule has 12 rings (SSSR count). The Bertz CT molecular complexity index is 3410. The van der Waals surface area contributed by atoms with E-state index in [2.05, 4.69) is 208 Å². The largest absolute Gasteiger partial charge is 0.0616 e. The number of fused-ring (bicyclic) bond motifs is 13. The monoisotopic (exact) mass is 722 g/mol. The molecule has 0 saturated carbocycles. The van der Waals surface area contributed by atoms with Crippen LogP contribution in [-0.2, 0) is 5.41 Å². The Morgan fingerprint density at radius 1 is 0.281 bits per heavy atom. The third-order valence-corrected chi connectivity index (χ3v) is 13.0. The van der Waals surface area contributed by atoms with Gasteiger partial charge in [0.1, 0.15) is 0 Å². The van der Waals surface area contributed by atoms with Crippen molar-refractivity contribution in [1.29, 1.82) is 0 Å². The van der Waals surface area contributed by atoms with Gasteiger partial charge < -0.3 is 0 Å². The fraction of sp³-hybridized carbons (Fsp3) is 0.0526. The van der Waals surface area contributed by atoms with Gasteiger partial charge in [0.25, 0.3) is 0 Å². The van der Waals surface area contributed by atoms with Gasteiger partial charge in [0.2, 0.25) is 0 Å². The van der Waals surface area contributed by atoms with E-state index in [-0.39, 0.29) is 5.41 Å². The predicted molar refractivity (Wildman–Crippen MR) is 245 cm³/mol. The molecule has 0 aliphatic heterocycles. The highest BCUT2D eigenvalue weighted by Gasteiger charge is 2.38. The minimum atomic E-state index is -0.106. The summed E-state index contributed by atoms with van der Waals surface area (Å²) < 4.78 is 0. The van der Waals surface area contributed by atoms with Crippen LogP contribution in [0.5, 0.6) is 0 Å². The van der Waals surface area contributed by atoms with Crippen molar-refractivity contribution in [3.63, 3.8) is 0 Å². The quantitative estimate of drug-likeness (QED) is 0.126. The van der Waals surface area contributed by atoms with E-state index >= 15 is 0 Å². The van der Waals surface area contributed by atoms with Gasteiger partial charge in [-0.25, -0.2) is 0 Å². The summed E-state index contributed by atoms with van der Waals surface area (Å²) in [5.41, 5.74) is 13.0. The lowest BCUT2D eigenvalue weighted by Crippen LogP contribution is -2.15. The molecule has 57 heavy (non-hydrogen) atoms. The molecule has 1 aliphatic carbocycles. The van der Waals surface area contributed by atoms with Gasteiger partial charge in [0, 0.05) is 5.41 Å². The van der Waals surface area contributed by atoms with Crippen LogP contribution in [0.15, 0.2) is 194 Å². The highest BCUT2D eigenvalue weighted by molar-refractivity contribution is 6.25. The van der Waals surface area contributed by atoms with Gasteiger partial charge in [-0.15, -0.1) is 0 Å². The van der Waals surface area contributed by atoms with E-state index in [1.54, 1.807) is 0 Å². The average molecular weight is 723 g/mol. The maximum absolute atomic E-state index is 2.45. The SMILES string of the molecule is CC1(C)c2ccc(-c3ccc(-c4c5ccccc5c(-c5cccc6c5ccc5ccccc56)c5ccccc45)cc3)cc2-c2c1c1ccccc1c1ccccc21. The number of benzene rings is 11. The molecule has 0 radical (unpaired) electrons. The summed E-state index contributed by atoms with van der Waals surface area (Å²) in [7, 11) is 0. The lowest BCUT2D eigenvalue weighted by atomic mass is 9.79. The van der Waals surface area contributed by atoms with Gasteiger partial charge in [0.05, 0.1) is 0 Å². The fourth-order valence-corrected chi connectivity index (χ4v) is 10.5. The highest BCUT2D eigenvalue weighted by Crippen LogP contribution is 2.55. The zero-order valence-corrected chi connectivity index (χ0v) is 32.0. The van der Waals surface area contributed by atoms with Crippen molar-refractivity contribution in [3.05, 3.63) is 205 Å². The Kier molecular flexibility index (Phi) is 6.78. The lowest BCUT2D eigenvalue weighted by molar-refractivity contribution is 0.666. The molecule has 0 unspecified atom stereocenters. The van der Waals surface area contributed by atoms with Gasteiger partial charge >= 0.3 is 0 Å². The van der Waals surface area contributed by atoms with Crippen LogP contribution in [-0.4, -0.2) is 0 Å². The number of rotatable bonds is 3. The first-order valence-electron chi connectivity index (χ1n) is 20.1. The molecule has 0 nitrogen and oxygen atoms in total. The molecule has 0 bridgehead atoms. The van der Waals surface area contributed by atoms with E-state index in [4.69, 9.17) is 0 Å². The van der Waals surface area contributed by atoms with Crippen LogP contribution in [0.2, 0.25) is 0 Å². The van der Waals surface area contributed by atoms with Crippen molar-refractivity contribution < 1.29 is 0 Å². The Balaban J connectivity index is 1.03. The zero-order valence-electron chi connectivity index (χ0n) is 32.0. The summed E-state index contributed by atoms with van der Waals surface area (Å²) in [4.78, 5) is 0. The topological polar surface area (TPSA) is 0 Å². The van der Waals surface area contributed by atoms with Crippen molar-refractivity contribution in [1.82, 2.24) is 0 Å². The second-order valence-electron chi connectivity index (χ2n) is 16.3. The van der Waals surface area contributed by atoms with Crippen LogP contribution in [0, 0.1) is 0 Å². The predicted octanol–water partition coefficient (Wildman–Crippen LogP) is 15.9. The Morgan fingerprint density at radius 2 is 0.754 bits per heavy atom. The summed E-state index contributed by atoms with van der Waals surface area (Å²) in [5.74, 6) is 0. The normalized spacial score (nSPS) is 13.2. The van der Waals surface area contributed by atoms with E-state index < -0.39 is 0 Å². The minimum absolute atomic E-state index is 0.106. The van der Waals surface area contributed by atoms with Crippen LogP contribution in [0.25, 0.3) is 109 Å². The molecule has 11 aromatic carbocycles. The maximum atomic E-state index is 2.45. The summed E-state index contributed by atoms with van der Waals surface area (Å²) in [6.45, 7) is 4.80. The molecule has 11 aromatic rings. The first-order chi connectivity index (χ1) is 28.1. The summed E-state index contributed by atoms with van der Waals surface area (Å²) in [5, 5.41) is 15.6. The lowest BCUT2D eigenvalue weighted by Gasteiger charge is -2.24. The van der Waals surface area contributed by atoms with Crippen LogP contribution >= 0.6 is 0 Å². The van der Waals surface area contributed by atoms with Crippen molar-refractivity contribution in [2.75, 3.05) is 0 Å². The molecule has 0 amide bonds. The Morgan fingerprint density at radius 3 is 1.42 bits per heavy atom. The first kappa shape index (κ1) is 32.2. The molecule has 0 saturated heterocycles. The van der Waals surface area contributed by atoms with Gasteiger partial charge in [-0.05, 0) is 126 Å². The van der Waals surface area contributed by atoms with Gasteiger partial charge in [-0.1, -0.05) is 202 Å². The molecule has 0 atom stereocenters. The van der Waals surface area contributed by atoms with E-state index in [1.807, 2.05) is 0 Å². The summed E-state index contributed by atoms with van der Waals surface area (Å²) in [6.07, 6.45) is 0. The Hall–Kier alpha value is -7.02. The fourth-order valence-electron chi connectivity index (χ4n) is 10.5. The molecule has 0 fully saturated rings. The number of hydrogen-bond acceptors (Lipinski definition) is 0. The molecular formula is C57H38. The van der Waals surface area contributed by atoms with Gasteiger partial charge in [-0.3, -0.25) is 0 Å². The van der Waals surface area contributed by atoms with Crippen LogP contribution in [0.1, 0.15) is 25.0 Å². The van der Waals surface area contributed by atoms with Gasteiger partial charge in [-0.2, -0.15) is 0 Å². The zero-order chi connectivity index (χ0) is 37.8. The van der Waals surface area contributed by atoms with E-state index in [9.17, 15) is 0 Å². The third-order valence-electron chi connectivity index (χ3n) is 13.0. The van der Waals surface area contributed by atoms with Gasteiger partial charge in [0.15, 0.2) is 0 Å². The summed E-state index contributed by atoms with van der Waals surface area (Å²) >= 11 is 0. The minimum Gasteiger partial charge on any atom is -0.0616 e. The molecular weight excluding hydrogens is 685 g/mol. The van der Waals surface area contributed by atoms with Crippen molar-refractivity contribution in [2.45, 2.75) is 19.3 Å². The van der Waals surface area contributed by atoms with Crippen LogP contribution < -0.4 is 0 Å². The number of hydrogen-bond donors (Lipinski definition) is 0. The highest BCUT2D eigenvalue weighted by atomic mass is 14.4. The Labute approximate surface area is 332 Å². The molecule has 0 N–H and O–H groups in total. The second kappa shape index (κ2) is 12.0. The van der Waals surface area contributed by atoms with E-state index in [0.29, 0.717) is 0 Å². The molecule has 0 heterocycles. The molecule has 0 aromatic heterocycles. The second-order valence-corrected chi connectivity index (χ2v) is 16.3. The van der Waals surface area contributed by atoms with E-state index in [0.717, 1.165) is 0 Å². The third kappa shape index (κ3) is 4.56. The first-order valence-corrected chi connectivity index (χ1v) is 20.1. The standard InChI is InChI=1S/C57H38/c1-57(2)52-33-31-38(34-51(52)55-45-18-7-5-16-41(45)42-17-6-12-23-50(42)56(55)57)35-26-28-37(29-27-35)53-46-19-8-10-21-48(46)54(49-22-11-9-20-47(49)53)44-25-13-24-40-39-15-4-3-14-36(39)30-32-43(40)44/h3-34H,1-2H3. The van der Waals surface area contributed by atoms with E-state index in [1.165, 1.54) is 120 Å². The van der Waals surface area contributed by atoms with Crippen LogP contribution in [0.4, 0.5) is 0 Å². The molecule has 0 spiro atoms. The van der Waals surface area contributed by atoms with Crippen molar-refractivity contribution in [3.8, 4) is 44.5 Å². The van der Waals surface area contributed by atoms with Crippen molar-refractivity contribution >= 4 is 64.6 Å². The maximum Gasteiger partial charge on any atom is 0.0165 e. The summed E-state index contributed by atoms with van der Waals surface area (Å²) in [6, 6.07) is 72.5. The average Bonchev–Trinajstić information content (AvgIpc) is 3.51. The molecule has 266 valence electrons.